The van der Waals surface area contributed by atoms with Crippen molar-refractivity contribution in [2.24, 2.45) is 0 Å². The molecule has 0 bridgehead atoms. The van der Waals surface area contributed by atoms with Gasteiger partial charge in [-0.3, -0.25) is 9.35 Å². The number of carbonyl (C=O) groups is 1. The first kappa shape index (κ1) is 43.3. The quantitative estimate of drug-likeness (QED) is 0.0470. The lowest BCUT2D eigenvalue weighted by Crippen LogP contribution is -2.47. The van der Waals surface area contributed by atoms with Gasteiger partial charge in [-0.15, -0.1) is 0 Å². The minimum absolute atomic E-state index is 0.248. The third kappa shape index (κ3) is 32.7. The van der Waals surface area contributed by atoms with Gasteiger partial charge in [0.15, 0.2) is 0 Å². The molecule has 0 aliphatic heterocycles. The van der Waals surface area contributed by atoms with Crippen molar-refractivity contribution in [3.8, 4) is 0 Å². The Kier molecular flexibility index (Phi) is 31.8. The van der Waals surface area contributed by atoms with Crippen molar-refractivity contribution in [3.63, 3.8) is 0 Å². The molecule has 0 radical (unpaired) electrons. The largest absolute Gasteiger partial charge is 0.391 e. The van der Waals surface area contributed by atoms with E-state index in [1.165, 1.54) is 148 Å². The van der Waals surface area contributed by atoms with Crippen LogP contribution in [0.15, 0.2) is 0 Å². The summed E-state index contributed by atoms with van der Waals surface area (Å²) in [6.07, 6.45) is 36.4. The Hall–Kier alpha value is -0.660. The van der Waals surface area contributed by atoms with Crippen LogP contribution in [-0.2, 0) is 14.9 Å². The Balaban J connectivity index is 3.74. The topological polar surface area (TPSA) is 104 Å². The van der Waals surface area contributed by atoms with Crippen molar-refractivity contribution in [3.05, 3.63) is 0 Å². The zero-order valence-corrected chi connectivity index (χ0v) is 30.1. The van der Waals surface area contributed by atoms with Crippen LogP contribution in [0, 0.1) is 0 Å². The van der Waals surface area contributed by atoms with Gasteiger partial charge in [-0.1, -0.05) is 194 Å². The summed E-state index contributed by atoms with van der Waals surface area (Å²) in [6, 6.07) is -0.961. The maximum absolute atomic E-state index is 12.4. The molecule has 0 aliphatic carbocycles. The van der Waals surface area contributed by atoms with Gasteiger partial charge in [0.1, 0.15) is 0 Å². The number of aliphatic hydroxyl groups excluding tert-OH is 1. The van der Waals surface area contributed by atoms with E-state index < -0.39 is 28.0 Å². The smallest absolute Gasteiger partial charge is 0.266 e. The highest BCUT2D eigenvalue weighted by Crippen LogP contribution is 2.16. The highest BCUT2D eigenvalue weighted by molar-refractivity contribution is 7.85. The van der Waals surface area contributed by atoms with Gasteiger partial charge in [0.25, 0.3) is 10.1 Å². The summed E-state index contributed by atoms with van der Waals surface area (Å²) < 4.78 is 32.3. The second kappa shape index (κ2) is 32.3. The predicted molar refractivity (Wildman–Crippen MR) is 189 cm³/mol. The third-order valence-electron chi connectivity index (χ3n) is 9.06. The molecule has 1 amide bonds. The minimum atomic E-state index is -4.29. The second-order valence-corrected chi connectivity index (χ2v) is 15.1. The van der Waals surface area contributed by atoms with Gasteiger partial charge in [0.2, 0.25) is 5.91 Å². The summed E-state index contributed by atoms with van der Waals surface area (Å²) in [5.74, 6) is -0.890. The number of amides is 1. The average Bonchev–Trinajstić information content (AvgIpc) is 2.98. The van der Waals surface area contributed by atoms with Gasteiger partial charge in [-0.25, -0.2) is 0 Å². The van der Waals surface area contributed by atoms with Crippen LogP contribution in [0.25, 0.3) is 0 Å². The summed E-state index contributed by atoms with van der Waals surface area (Å²) in [5, 5.41) is 13.3. The van der Waals surface area contributed by atoms with Gasteiger partial charge in [0, 0.05) is 6.42 Å². The molecule has 3 N–H and O–H groups in total. The Bertz CT molecular complexity index is 715. The van der Waals surface area contributed by atoms with E-state index in [0.29, 0.717) is 12.8 Å². The van der Waals surface area contributed by atoms with E-state index in [0.717, 1.165) is 38.5 Å². The van der Waals surface area contributed by atoms with E-state index in [9.17, 15) is 22.9 Å². The van der Waals surface area contributed by atoms with Gasteiger partial charge in [-0.05, 0) is 12.8 Å². The van der Waals surface area contributed by atoms with Gasteiger partial charge in [-0.2, -0.15) is 8.42 Å². The molecule has 0 saturated carbocycles. The van der Waals surface area contributed by atoms with Crippen LogP contribution in [0.5, 0.6) is 0 Å². The molecule has 0 aromatic rings. The zero-order chi connectivity index (χ0) is 32.6. The summed E-state index contributed by atoms with van der Waals surface area (Å²) >= 11 is 0. The third-order valence-corrected chi connectivity index (χ3v) is 9.84. The van der Waals surface area contributed by atoms with Crippen LogP contribution in [0.1, 0.15) is 213 Å². The Labute approximate surface area is 274 Å². The van der Waals surface area contributed by atoms with E-state index in [1.807, 2.05) is 0 Å². The highest BCUT2D eigenvalue weighted by atomic mass is 32.2. The van der Waals surface area contributed by atoms with Crippen LogP contribution < -0.4 is 5.32 Å². The van der Waals surface area contributed by atoms with Gasteiger partial charge in [0.05, 0.1) is 17.9 Å². The molecule has 0 fully saturated rings. The van der Waals surface area contributed by atoms with E-state index >= 15 is 0 Å². The lowest BCUT2D eigenvalue weighted by molar-refractivity contribution is -0.122. The van der Waals surface area contributed by atoms with Crippen LogP contribution in [0.2, 0.25) is 0 Å². The number of hydrogen-bond donors (Lipinski definition) is 3. The summed E-state index contributed by atoms with van der Waals surface area (Å²) in [6.45, 7) is 4.48. The summed E-state index contributed by atoms with van der Waals surface area (Å²) in [7, 11) is -4.29. The average molecular weight is 646 g/mol. The fraction of sp³-hybridized carbons (Fsp3) is 0.973. The summed E-state index contributed by atoms with van der Waals surface area (Å²) in [4.78, 5) is 12.4. The SMILES string of the molecule is CCCCCCCCCCCCCCCCCCCCCCCC(O)C(CS(=O)(=O)O)NC(=O)CCCCCCCCCC. The number of aliphatic hydroxyl groups is 1. The molecule has 0 saturated heterocycles. The van der Waals surface area contributed by atoms with Gasteiger partial charge >= 0.3 is 0 Å². The maximum Gasteiger partial charge on any atom is 0.266 e. The molecule has 2 unspecified atom stereocenters. The Morgan fingerprint density at radius 3 is 1.14 bits per heavy atom. The molecular weight excluding hydrogens is 570 g/mol. The number of hydrogen-bond acceptors (Lipinski definition) is 4. The fourth-order valence-electron chi connectivity index (χ4n) is 6.16. The van der Waals surface area contributed by atoms with Crippen molar-refractivity contribution >= 4 is 16.0 Å². The number of carbonyl (C=O) groups excluding carboxylic acids is 1. The first-order valence-electron chi connectivity index (χ1n) is 19.2. The lowest BCUT2D eigenvalue weighted by atomic mass is 10.0. The monoisotopic (exact) mass is 646 g/mol. The van der Waals surface area contributed by atoms with Crippen molar-refractivity contribution in [2.45, 2.75) is 225 Å². The molecule has 0 heterocycles. The van der Waals surface area contributed by atoms with E-state index in [-0.39, 0.29) is 5.91 Å². The molecule has 2 atom stereocenters. The maximum atomic E-state index is 12.4. The number of nitrogens with one attached hydrogen (secondary N) is 1. The molecule has 0 rings (SSSR count). The Morgan fingerprint density at radius 2 is 0.818 bits per heavy atom. The normalized spacial score (nSPS) is 13.3. The molecule has 44 heavy (non-hydrogen) atoms. The standard InChI is InChI=1S/C37H75NO5S/c1-3-5-7-9-11-13-14-15-16-17-18-19-20-21-22-23-24-25-26-28-30-32-36(39)35(34-44(41,42)43)38-37(40)33-31-29-27-12-10-8-6-4-2/h35-36,39H,3-34H2,1-2H3,(H,38,40)(H,41,42,43). The van der Waals surface area contributed by atoms with Crippen LogP contribution in [0.4, 0.5) is 0 Å². The molecule has 7 heteroatoms. The van der Waals surface area contributed by atoms with Crippen LogP contribution in [0.3, 0.4) is 0 Å². The lowest BCUT2D eigenvalue weighted by Gasteiger charge is -2.23. The molecule has 0 aromatic heterocycles. The molecule has 0 aliphatic rings. The van der Waals surface area contributed by atoms with Gasteiger partial charge < -0.3 is 10.4 Å². The predicted octanol–water partition coefficient (Wildman–Crippen LogP) is 10.9. The van der Waals surface area contributed by atoms with Crippen molar-refractivity contribution < 1.29 is 22.9 Å². The van der Waals surface area contributed by atoms with Crippen LogP contribution >= 0.6 is 0 Å². The fourth-order valence-corrected chi connectivity index (χ4v) is 6.92. The van der Waals surface area contributed by atoms with Crippen molar-refractivity contribution in [1.29, 1.82) is 0 Å². The van der Waals surface area contributed by atoms with Crippen molar-refractivity contribution in [2.75, 3.05) is 5.75 Å². The van der Waals surface area contributed by atoms with E-state index in [2.05, 4.69) is 19.2 Å². The number of rotatable bonds is 35. The first-order chi connectivity index (χ1) is 21.3. The van der Waals surface area contributed by atoms with Crippen LogP contribution in [-0.4, -0.2) is 41.9 Å². The minimum Gasteiger partial charge on any atom is -0.391 e. The molecule has 0 aromatic carbocycles. The summed E-state index contributed by atoms with van der Waals surface area (Å²) in [5.41, 5.74) is 0. The Morgan fingerprint density at radius 1 is 0.523 bits per heavy atom. The first-order valence-corrected chi connectivity index (χ1v) is 20.8. The van der Waals surface area contributed by atoms with E-state index in [1.54, 1.807) is 0 Å². The molecule has 0 spiro atoms. The molecule has 264 valence electrons. The molecule has 6 nitrogen and oxygen atoms in total. The van der Waals surface area contributed by atoms with Crippen molar-refractivity contribution in [1.82, 2.24) is 5.32 Å². The molecular formula is C37H75NO5S. The highest BCUT2D eigenvalue weighted by Gasteiger charge is 2.26. The second-order valence-electron chi connectivity index (χ2n) is 13.6. The number of unbranched alkanes of at least 4 members (excludes halogenated alkanes) is 27. The van der Waals surface area contributed by atoms with E-state index in [4.69, 9.17) is 0 Å². The zero-order valence-electron chi connectivity index (χ0n) is 29.3.